The molecule has 1 aromatic rings. The third-order valence-corrected chi connectivity index (χ3v) is 5.33. The summed E-state index contributed by atoms with van der Waals surface area (Å²) in [5, 5.41) is 8.71. The molecular formula is C16H24Cl2N4. The Hall–Kier alpha value is -1.00. The van der Waals surface area contributed by atoms with E-state index in [0.29, 0.717) is 0 Å². The number of halogens is 2. The zero-order valence-electron chi connectivity index (χ0n) is 13.1. The second-order valence-electron chi connectivity index (χ2n) is 5.99. The molecule has 22 heavy (non-hydrogen) atoms. The maximum atomic E-state index is 6.46. The van der Waals surface area contributed by atoms with Gasteiger partial charge in [-0.25, -0.2) is 5.21 Å². The first-order valence-electron chi connectivity index (χ1n) is 8.26. The molecule has 0 aromatic carbocycles. The van der Waals surface area contributed by atoms with Crippen LogP contribution in [-0.2, 0) is 6.54 Å². The van der Waals surface area contributed by atoms with Gasteiger partial charge in [-0.15, -0.1) is 0 Å². The summed E-state index contributed by atoms with van der Waals surface area (Å²) in [4.78, 5) is 1.95. The molecule has 0 radical (unpaired) electrons. The van der Waals surface area contributed by atoms with E-state index in [1.54, 1.807) is 0 Å². The molecule has 2 aliphatic rings. The van der Waals surface area contributed by atoms with Gasteiger partial charge in [0.05, 0.1) is 11.4 Å². The van der Waals surface area contributed by atoms with Gasteiger partial charge < -0.3 is 0 Å². The first-order valence-corrected chi connectivity index (χ1v) is 9.02. The molecule has 1 aromatic heterocycles. The van der Waals surface area contributed by atoms with Gasteiger partial charge in [0.15, 0.2) is 0 Å². The molecule has 0 fully saturated rings. The third kappa shape index (κ3) is 3.18. The van der Waals surface area contributed by atoms with Crippen molar-refractivity contribution in [2.75, 3.05) is 0 Å². The Kier molecular flexibility index (Phi) is 5.09. The third-order valence-electron chi connectivity index (χ3n) is 4.51. The SMILES string of the molecule is CCn1[nH]n(C2=C(Cl)CCCC2)[nH]cc1C1=C(Cl)CCCC1. The summed E-state index contributed by atoms with van der Waals surface area (Å²) in [5.41, 5.74) is 3.56. The molecule has 6 heteroatoms. The van der Waals surface area contributed by atoms with Gasteiger partial charge >= 0.3 is 0 Å². The molecule has 0 saturated carbocycles. The standard InChI is InChI=1S/C16H24Cl2N4/c1-2-21-16(12-7-3-4-8-13(12)17)11-19-22(20-21)15-10-6-5-9-14(15)18/h11,19-20H,2-10H2,1H3. The summed E-state index contributed by atoms with van der Waals surface area (Å²) in [5.74, 6) is 0. The highest BCUT2D eigenvalue weighted by Gasteiger charge is 2.17. The second kappa shape index (κ2) is 7.05. The molecule has 122 valence electrons. The van der Waals surface area contributed by atoms with Crippen LogP contribution >= 0.6 is 23.2 Å². The van der Waals surface area contributed by atoms with Crippen molar-refractivity contribution < 1.29 is 0 Å². The molecule has 3 rings (SSSR count). The first kappa shape index (κ1) is 15.9. The molecule has 1 heterocycles. The number of hydrogen-bond donors (Lipinski definition) is 2. The quantitative estimate of drug-likeness (QED) is 0.718. The van der Waals surface area contributed by atoms with Crippen LogP contribution in [0, 0.1) is 0 Å². The first-order chi connectivity index (χ1) is 10.7. The number of aromatic nitrogens is 4. The second-order valence-corrected chi connectivity index (χ2v) is 6.90. The molecule has 2 aliphatic carbocycles. The van der Waals surface area contributed by atoms with Crippen LogP contribution in [0.4, 0.5) is 0 Å². The fraction of sp³-hybridized carbons (Fsp3) is 0.625. The number of nitrogens with one attached hydrogen (secondary N) is 2. The number of hydrogen-bond acceptors (Lipinski definition) is 0. The van der Waals surface area contributed by atoms with Crippen LogP contribution in [0.2, 0.25) is 0 Å². The summed E-state index contributed by atoms with van der Waals surface area (Å²) >= 11 is 12.9. The van der Waals surface area contributed by atoms with Crippen molar-refractivity contribution in [2.45, 2.75) is 64.8 Å². The van der Waals surface area contributed by atoms with Crippen LogP contribution in [0.25, 0.3) is 11.3 Å². The van der Waals surface area contributed by atoms with E-state index in [1.807, 2.05) is 4.80 Å². The van der Waals surface area contributed by atoms with Crippen LogP contribution in [0.5, 0.6) is 0 Å². The molecule has 0 aliphatic heterocycles. The summed E-state index contributed by atoms with van der Waals surface area (Å²) in [6, 6.07) is 0. The van der Waals surface area contributed by atoms with E-state index >= 15 is 0 Å². The Morgan fingerprint density at radius 1 is 1.00 bits per heavy atom. The minimum atomic E-state index is 0.864. The normalized spacial score (nSPS) is 19.8. The highest BCUT2D eigenvalue weighted by atomic mass is 35.5. The van der Waals surface area contributed by atoms with Gasteiger partial charge in [-0.1, -0.05) is 23.2 Å². The number of nitrogens with zero attached hydrogens (tertiary/aromatic N) is 2. The topological polar surface area (TPSA) is 41.4 Å². The van der Waals surface area contributed by atoms with Gasteiger partial charge in [-0.2, -0.15) is 4.80 Å². The Balaban J connectivity index is 2.01. The van der Waals surface area contributed by atoms with Crippen LogP contribution in [0.1, 0.15) is 64.0 Å². The lowest BCUT2D eigenvalue weighted by Gasteiger charge is -2.24. The zero-order chi connectivity index (χ0) is 15.5. The molecule has 0 unspecified atom stereocenters. The van der Waals surface area contributed by atoms with Crippen molar-refractivity contribution in [3.8, 4) is 0 Å². The number of aryl methyl sites for hydroxylation is 1. The fourth-order valence-electron chi connectivity index (χ4n) is 3.26. The summed E-state index contributed by atoms with van der Waals surface area (Å²) in [6.07, 6.45) is 10.8. The maximum absolute atomic E-state index is 6.46. The van der Waals surface area contributed by atoms with Crippen LogP contribution in [-0.4, -0.2) is 19.8 Å². The average molecular weight is 343 g/mol. The number of allylic oxidation sites excluding steroid dienone is 4. The lowest BCUT2D eigenvalue weighted by molar-refractivity contribution is 0.488. The van der Waals surface area contributed by atoms with Crippen LogP contribution < -0.4 is 0 Å². The smallest absolute Gasteiger partial charge is 0.0807 e. The molecule has 0 amide bonds. The summed E-state index contributed by atoms with van der Waals surface area (Å²) < 4.78 is 2.14. The largest absolute Gasteiger partial charge is 0.284 e. The number of aromatic amines is 2. The van der Waals surface area contributed by atoms with Gasteiger partial charge in [0.2, 0.25) is 0 Å². The van der Waals surface area contributed by atoms with Gasteiger partial charge in [0.1, 0.15) is 0 Å². The molecule has 0 bridgehead atoms. The van der Waals surface area contributed by atoms with E-state index in [1.165, 1.54) is 31.3 Å². The average Bonchev–Trinajstić information content (AvgIpc) is 2.55. The molecule has 0 spiro atoms. The zero-order valence-corrected chi connectivity index (χ0v) is 14.6. The van der Waals surface area contributed by atoms with E-state index < -0.39 is 0 Å². The van der Waals surface area contributed by atoms with Crippen molar-refractivity contribution in [3.63, 3.8) is 0 Å². The Labute approximate surface area is 141 Å². The monoisotopic (exact) mass is 342 g/mol. The van der Waals surface area contributed by atoms with E-state index in [4.69, 9.17) is 23.2 Å². The minimum Gasteiger partial charge on any atom is -0.284 e. The van der Waals surface area contributed by atoms with E-state index in [9.17, 15) is 0 Å². The molecule has 4 nitrogen and oxygen atoms in total. The van der Waals surface area contributed by atoms with Gasteiger partial charge in [0.25, 0.3) is 0 Å². The highest BCUT2D eigenvalue weighted by molar-refractivity contribution is 6.32. The molecule has 0 atom stereocenters. The van der Waals surface area contributed by atoms with Gasteiger partial charge in [-0.05, 0) is 63.9 Å². The molecular weight excluding hydrogens is 319 g/mol. The summed E-state index contributed by atoms with van der Waals surface area (Å²) in [7, 11) is 0. The van der Waals surface area contributed by atoms with E-state index in [-0.39, 0.29) is 0 Å². The van der Waals surface area contributed by atoms with Crippen molar-refractivity contribution in [3.05, 3.63) is 22.0 Å². The minimum absolute atomic E-state index is 0.864. The highest BCUT2D eigenvalue weighted by Crippen LogP contribution is 2.34. The lowest BCUT2D eigenvalue weighted by atomic mass is 9.97. The Bertz CT molecular complexity index is 637. The maximum Gasteiger partial charge on any atom is 0.0807 e. The van der Waals surface area contributed by atoms with E-state index in [2.05, 4.69) is 28.1 Å². The lowest BCUT2D eigenvalue weighted by Crippen LogP contribution is -2.20. The van der Waals surface area contributed by atoms with E-state index in [0.717, 1.165) is 53.7 Å². The fourth-order valence-corrected chi connectivity index (χ4v) is 3.90. The summed E-state index contributed by atoms with van der Waals surface area (Å²) in [6.45, 7) is 3.00. The Morgan fingerprint density at radius 3 is 2.36 bits per heavy atom. The van der Waals surface area contributed by atoms with Crippen LogP contribution in [0.3, 0.4) is 0 Å². The Morgan fingerprint density at radius 2 is 1.68 bits per heavy atom. The van der Waals surface area contributed by atoms with Gasteiger partial charge in [0, 0.05) is 22.8 Å². The van der Waals surface area contributed by atoms with Crippen molar-refractivity contribution in [1.29, 1.82) is 0 Å². The van der Waals surface area contributed by atoms with Gasteiger partial charge in [-0.3, -0.25) is 9.78 Å². The predicted molar refractivity (Wildman–Crippen MR) is 93.2 cm³/mol. The molecule has 0 saturated heterocycles. The molecule has 2 N–H and O–H groups in total. The van der Waals surface area contributed by atoms with Crippen molar-refractivity contribution in [1.82, 2.24) is 19.8 Å². The van der Waals surface area contributed by atoms with Crippen LogP contribution in [0.15, 0.2) is 16.3 Å². The predicted octanol–water partition coefficient (Wildman–Crippen LogP) is 5.60. The van der Waals surface area contributed by atoms with Crippen molar-refractivity contribution >= 4 is 34.5 Å². The number of rotatable bonds is 3. The van der Waals surface area contributed by atoms with Crippen molar-refractivity contribution in [2.24, 2.45) is 0 Å². The number of H-pyrrole nitrogens is 2.